The van der Waals surface area contributed by atoms with Crippen molar-refractivity contribution in [1.82, 2.24) is 5.16 Å². The second-order valence-corrected chi connectivity index (χ2v) is 6.31. The molecule has 7 nitrogen and oxygen atoms in total. The average molecular weight is 302 g/mol. The van der Waals surface area contributed by atoms with Crippen molar-refractivity contribution in [2.24, 2.45) is 0 Å². The number of aromatic carboxylic acids is 1. The maximum Gasteiger partial charge on any atom is 0.347 e. The quantitative estimate of drug-likeness (QED) is 0.892. The molecule has 0 aliphatic rings. The number of carboxylic acids is 1. The smallest absolute Gasteiger partial charge is 0.347 e. The number of thiophene rings is 1. The second-order valence-electron chi connectivity index (χ2n) is 3.81. The van der Waals surface area contributed by atoms with E-state index in [4.69, 9.17) is 9.63 Å². The number of rotatable bonds is 4. The summed E-state index contributed by atoms with van der Waals surface area (Å²) >= 11 is 0.864. The Labute approximate surface area is 112 Å². The number of aryl methyl sites for hydroxylation is 2. The van der Waals surface area contributed by atoms with Crippen LogP contribution in [0, 0.1) is 13.8 Å². The molecule has 0 amide bonds. The van der Waals surface area contributed by atoms with Crippen molar-refractivity contribution in [3.8, 4) is 0 Å². The van der Waals surface area contributed by atoms with Gasteiger partial charge in [0.2, 0.25) is 0 Å². The highest BCUT2D eigenvalue weighted by Crippen LogP contribution is 2.28. The molecule has 2 rings (SSSR count). The summed E-state index contributed by atoms with van der Waals surface area (Å²) in [6.45, 7) is 3.15. The molecule has 0 saturated heterocycles. The number of sulfonamides is 1. The minimum absolute atomic E-state index is 0.0134. The largest absolute Gasteiger partial charge is 0.477 e. The van der Waals surface area contributed by atoms with E-state index in [1.165, 1.54) is 18.4 Å². The third kappa shape index (κ3) is 2.61. The van der Waals surface area contributed by atoms with Crippen LogP contribution in [0.1, 0.15) is 21.0 Å². The Morgan fingerprint density at radius 3 is 2.68 bits per heavy atom. The monoisotopic (exact) mass is 302 g/mol. The van der Waals surface area contributed by atoms with E-state index in [1.54, 1.807) is 6.92 Å². The van der Waals surface area contributed by atoms with Crippen LogP contribution in [0.4, 0.5) is 5.82 Å². The van der Waals surface area contributed by atoms with E-state index in [1.807, 2.05) is 0 Å². The van der Waals surface area contributed by atoms with Crippen molar-refractivity contribution < 1.29 is 22.8 Å². The first kappa shape index (κ1) is 13.6. The summed E-state index contributed by atoms with van der Waals surface area (Å²) in [6, 6.07) is 1.40. The number of carboxylic acid groups (broad SMARTS) is 1. The molecule has 2 N–H and O–H groups in total. The number of nitrogens with one attached hydrogen (secondary N) is 1. The van der Waals surface area contributed by atoms with Crippen LogP contribution in [0.3, 0.4) is 0 Å². The molecule has 2 aromatic rings. The Bertz CT molecular complexity index is 729. The van der Waals surface area contributed by atoms with E-state index >= 15 is 0 Å². The van der Waals surface area contributed by atoms with E-state index in [0.717, 1.165) is 11.3 Å². The molecule has 19 heavy (non-hydrogen) atoms. The van der Waals surface area contributed by atoms with Gasteiger partial charge >= 0.3 is 5.97 Å². The molecule has 0 fully saturated rings. The molecule has 0 saturated carbocycles. The summed E-state index contributed by atoms with van der Waals surface area (Å²) in [4.78, 5) is 10.5. The molecule has 9 heteroatoms. The predicted molar refractivity (Wildman–Crippen MR) is 68.1 cm³/mol. The summed E-state index contributed by atoms with van der Waals surface area (Å²) in [5.74, 6) is -0.826. The highest BCUT2D eigenvalue weighted by molar-refractivity contribution is 7.93. The fourth-order valence-electron chi connectivity index (χ4n) is 1.52. The summed E-state index contributed by atoms with van der Waals surface area (Å²) < 4.78 is 31.3. The van der Waals surface area contributed by atoms with Gasteiger partial charge in [-0.1, -0.05) is 5.16 Å². The minimum Gasteiger partial charge on any atom is -0.477 e. The second kappa shape index (κ2) is 4.67. The van der Waals surface area contributed by atoms with Gasteiger partial charge in [-0.05, 0) is 24.8 Å². The first-order valence-corrected chi connectivity index (χ1v) is 7.45. The topological polar surface area (TPSA) is 110 Å². The third-order valence-corrected chi connectivity index (χ3v) is 5.00. The molecule has 0 atom stereocenters. The molecule has 0 aliphatic carbocycles. The van der Waals surface area contributed by atoms with Gasteiger partial charge in [0.05, 0.1) is 0 Å². The van der Waals surface area contributed by atoms with Crippen LogP contribution in [0.25, 0.3) is 0 Å². The lowest BCUT2D eigenvalue weighted by Gasteiger charge is -2.05. The van der Waals surface area contributed by atoms with Crippen LogP contribution >= 0.6 is 11.3 Å². The molecule has 0 aromatic carbocycles. The van der Waals surface area contributed by atoms with Gasteiger partial charge in [0, 0.05) is 6.07 Å². The van der Waals surface area contributed by atoms with Gasteiger partial charge in [0.25, 0.3) is 10.0 Å². The number of hydrogen-bond acceptors (Lipinski definition) is 6. The van der Waals surface area contributed by atoms with E-state index in [0.29, 0.717) is 11.3 Å². The SMILES string of the molecule is Cc1cc(NS(=O)(=O)c2c(C)csc2C(=O)O)no1. The molecule has 0 bridgehead atoms. The van der Waals surface area contributed by atoms with E-state index in [-0.39, 0.29) is 15.6 Å². The number of anilines is 1. The fourth-order valence-corrected chi connectivity index (χ4v) is 4.14. The molecule has 0 aliphatic heterocycles. The fraction of sp³-hybridized carbons (Fsp3) is 0.200. The lowest BCUT2D eigenvalue weighted by molar-refractivity contribution is 0.0698. The number of aromatic nitrogens is 1. The van der Waals surface area contributed by atoms with Gasteiger partial charge in [-0.15, -0.1) is 11.3 Å². The standard InChI is InChI=1S/C10H10N2O5S2/c1-5-4-18-8(10(13)14)9(5)19(15,16)12-7-3-6(2)17-11-7/h3-4H,1-2H3,(H,11,12)(H,13,14). The number of carbonyl (C=O) groups is 1. The van der Waals surface area contributed by atoms with Crippen molar-refractivity contribution >= 4 is 33.1 Å². The van der Waals surface area contributed by atoms with Crippen LogP contribution in [-0.2, 0) is 10.0 Å². The summed E-state index contributed by atoms with van der Waals surface area (Å²) in [6.07, 6.45) is 0. The number of nitrogens with zero attached hydrogens (tertiary/aromatic N) is 1. The molecule has 2 aromatic heterocycles. The first-order chi connectivity index (χ1) is 8.81. The van der Waals surface area contributed by atoms with Gasteiger partial charge < -0.3 is 9.63 Å². The van der Waals surface area contributed by atoms with Crippen molar-refractivity contribution in [1.29, 1.82) is 0 Å². The van der Waals surface area contributed by atoms with E-state index in [9.17, 15) is 13.2 Å². The molecule has 0 spiro atoms. The summed E-state index contributed by atoms with van der Waals surface area (Å²) in [7, 11) is -4.01. The first-order valence-electron chi connectivity index (χ1n) is 5.09. The summed E-state index contributed by atoms with van der Waals surface area (Å²) in [5.41, 5.74) is 0.370. The zero-order valence-corrected chi connectivity index (χ0v) is 11.6. The lowest BCUT2D eigenvalue weighted by Crippen LogP contribution is -2.16. The molecule has 0 unspecified atom stereocenters. The maximum atomic E-state index is 12.2. The normalized spacial score (nSPS) is 11.5. The molecule has 2 heterocycles. The zero-order valence-electron chi connectivity index (χ0n) is 10.00. The van der Waals surface area contributed by atoms with Gasteiger partial charge in [-0.3, -0.25) is 4.72 Å². The highest BCUT2D eigenvalue weighted by atomic mass is 32.2. The third-order valence-electron chi connectivity index (χ3n) is 2.25. The molecule has 0 radical (unpaired) electrons. The van der Waals surface area contributed by atoms with Crippen molar-refractivity contribution in [3.05, 3.63) is 27.6 Å². The van der Waals surface area contributed by atoms with E-state index < -0.39 is 16.0 Å². The Kier molecular flexibility index (Phi) is 3.33. The van der Waals surface area contributed by atoms with Crippen LogP contribution in [0.2, 0.25) is 0 Å². The van der Waals surface area contributed by atoms with E-state index in [2.05, 4.69) is 9.88 Å². The molecular formula is C10H10N2O5S2. The van der Waals surface area contributed by atoms with Crippen molar-refractivity contribution in [2.75, 3.05) is 4.72 Å². The lowest BCUT2D eigenvalue weighted by atomic mass is 10.3. The van der Waals surface area contributed by atoms with Crippen LogP contribution in [0.5, 0.6) is 0 Å². The Morgan fingerprint density at radius 1 is 1.47 bits per heavy atom. The summed E-state index contributed by atoms with van der Waals surface area (Å²) in [5, 5.41) is 14.0. The molecular weight excluding hydrogens is 292 g/mol. The highest BCUT2D eigenvalue weighted by Gasteiger charge is 2.27. The Balaban J connectivity index is 2.45. The predicted octanol–water partition coefficient (Wildman–Crippen LogP) is 1.85. The van der Waals surface area contributed by atoms with Crippen molar-refractivity contribution in [3.63, 3.8) is 0 Å². The van der Waals surface area contributed by atoms with Gasteiger partial charge in [0.1, 0.15) is 15.5 Å². The van der Waals surface area contributed by atoms with Crippen LogP contribution in [-0.4, -0.2) is 24.7 Å². The minimum atomic E-state index is -4.01. The molecule has 102 valence electrons. The van der Waals surface area contributed by atoms with Gasteiger partial charge in [0.15, 0.2) is 5.82 Å². The van der Waals surface area contributed by atoms with Gasteiger partial charge in [-0.25, -0.2) is 13.2 Å². The Hall–Kier alpha value is -1.87. The number of hydrogen-bond donors (Lipinski definition) is 2. The Morgan fingerprint density at radius 2 is 2.16 bits per heavy atom. The average Bonchev–Trinajstić information content (AvgIpc) is 2.84. The van der Waals surface area contributed by atoms with Crippen LogP contribution < -0.4 is 4.72 Å². The van der Waals surface area contributed by atoms with Crippen molar-refractivity contribution in [2.45, 2.75) is 18.7 Å². The van der Waals surface area contributed by atoms with Crippen LogP contribution in [0.15, 0.2) is 20.9 Å². The zero-order chi connectivity index (χ0) is 14.2. The van der Waals surface area contributed by atoms with Gasteiger partial charge in [-0.2, -0.15) is 0 Å². The maximum absolute atomic E-state index is 12.2.